The summed E-state index contributed by atoms with van der Waals surface area (Å²) in [5.74, 6) is 0. The van der Waals surface area contributed by atoms with Crippen LogP contribution in [0.2, 0.25) is 0 Å². The topological polar surface area (TPSA) is 89.0 Å². The summed E-state index contributed by atoms with van der Waals surface area (Å²) in [6.45, 7) is 10.2. The molecule has 0 fully saturated rings. The highest BCUT2D eigenvalue weighted by molar-refractivity contribution is 5.06. The first kappa shape index (κ1) is 17.0. The molecule has 2 N–H and O–H groups in total. The van der Waals surface area contributed by atoms with E-state index in [0.717, 1.165) is 0 Å². The second-order valence-corrected chi connectivity index (χ2v) is 6.46. The van der Waals surface area contributed by atoms with E-state index in [4.69, 9.17) is 5.26 Å². The second-order valence-electron chi connectivity index (χ2n) is 6.46. The molecule has 0 aromatic carbocycles. The van der Waals surface area contributed by atoms with E-state index in [0.29, 0.717) is 6.42 Å². The summed E-state index contributed by atoms with van der Waals surface area (Å²) in [4.78, 5) is 0. The van der Waals surface area contributed by atoms with Crippen molar-refractivity contribution >= 4 is 0 Å². The molecule has 0 aliphatic heterocycles. The maximum absolute atomic E-state index is 9.74. The molecule has 0 radical (unpaired) electrons. The van der Waals surface area contributed by atoms with Crippen molar-refractivity contribution in [3.05, 3.63) is 0 Å². The van der Waals surface area contributed by atoms with Gasteiger partial charge in [0.1, 0.15) is 0 Å². The minimum atomic E-state index is -1.04. The SMILES string of the molecule is CC(CC(C)(C)O)/N=N/C(C)(C#N)CC(C)(C)O. The van der Waals surface area contributed by atoms with Crippen molar-refractivity contribution in [1.82, 2.24) is 0 Å². The first-order valence-corrected chi connectivity index (χ1v) is 6.15. The van der Waals surface area contributed by atoms with E-state index in [1.165, 1.54) is 0 Å². The third-order valence-electron chi connectivity index (χ3n) is 2.29. The van der Waals surface area contributed by atoms with Gasteiger partial charge >= 0.3 is 0 Å². The van der Waals surface area contributed by atoms with Gasteiger partial charge in [0.2, 0.25) is 0 Å². The Kier molecular flexibility index (Phi) is 5.45. The highest BCUT2D eigenvalue weighted by Crippen LogP contribution is 2.24. The Morgan fingerprint density at radius 2 is 1.61 bits per heavy atom. The molecule has 104 valence electrons. The molecule has 0 rings (SSSR count). The Bertz CT molecular complexity index is 334. The highest BCUT2D eigenvalue weighted by Gasteiger charge is 2.31. The van der Waals surface area contributed by atoms with Crippen molar-refractivity contribution in [2.75, 3.05) is 0 Å². The molecule has 0 aromatic heterocycles. The van der Waals surface area contributed by atoms with Gasteiger partial charge in [-0.15, -0.1) is 0 Å². The van der Waals surface area contributed by atoms with Crippen molar-refractivity contribution < 1.29 is 10.2 Å². The van der Waals surface area contributed by atoms with Crippen LogP contribution in [0.15, 0.2) is 10.2 Å². The molecule has 18 heavy (non-hydrogen) atoms. The molecule has 5 heteroatoms. The van der Waals surface area contributed by atoms with Crippen LogP contribution in [0, 0.1) is 11.3 Å². The number of nitriles is 1. The number of nitrogens with zero attached hydrogens (tertiary/aromatic N) is 3. The fourth-order valence-corrected chi connectivity index (χ4v) is 1.93. The average Bonchev–Trinajstić information content (AvgIpc) is 2.09. The van der Waals surface area contributed by atoms with E-state index >= 15 is 0 Å². The molecule has 0 aromatic rings. The lowest BCUT2D eigenvalue weighted by Crippen LogP contribution is -2.33. The summed E-state index contributed by atoms with van der Waals surface area (Å²) in [6.07, 6.45) is 0.690. The van der Waals surface area contributed by atoms with Gasteiger partial charge in [-0.2, -0.15) is 15.5 Å². The van der Waals surface area contributed by atoms with Gasteiger partial charge < -0.3 is 10.2 Å². The van der Waals surface area contributed by atoms with Gasteiger partial charge in [0.25, 0.3) is 0 Å². The molecule has 0 bridgehead atoms. The fraction of sp³-hybridized carbons (Fsp3) is 0.923. The molecule has 0 saturated heterocycles. The van der Waals surface area contributed by atoms with Crippen LogP contribution in [-0.2, 0) is 0 Å². The smallest absolute Gasteiger partial charge is 0.167 e. The second kappa shape index (κ2) is 5.77. The van der Waals surface area contributed by atoms with E-state index in [2.05, 4.69) is 16.3 Å². The highest BCUT2D eigenvalue weighted by atomic mass is 16.3. The van der Waals surface area contributed by atoms with Gasteiger partial charge in [0.15, 0.2) is 5.54 Å². The summed E-state index contributed by atoms with van der Waals surface area (Å²) in [6, 6.07) is 1.90. The van der Waals surface area contributed by atoms with Crippen LogP contribution in [-0.4, -0.2) is 33.0 Å². The molecule has 0 amide bonds. The lowest BCUT2D eigenvalue weighted by molar-refractivity contribution is 0.0540. The van der Waals surface area contributed by atoms with E-state index in [-0.39, 0.29) is 12.5 Å². The maximum Gasteiger partial charge on any atom is 0.167 e. The molecule has 0 spiro atoms. The zero-order valence-electron chi connectivity index (χ0n) is 12.2. The van der Waals surface area contributed by atoms with Crippen molar-refractivity contribution in [3.8, 4) is 6.07 Å². The predicted molar refractivity (Wildman–Crippen MR) is 70.2 cm³/mol. The Morgan fingerprint density at radius 3 is 1.94 bits per heavy atom. The minimum absolute atomic E-state index is 0.167. The normalized spacial score (nSPS) is 18.4. The molecule has 0 heterocycles. The summed E-state index contributed by atoms with van der Waals surface area (Å²) >= 11 is 0. The van der Waals surface area contributed by atoms with Gasteiger partial charge in [0, 0.05) is 6.42 Å². The lowest BCUT2D eigenvalue weighted by Gasteiger charge is -2.25. The number of hydrogen-bond donors (Lipinski definition) is 2. The average molecular weight is 255 g/mol. The van der Waals surface area contributed by atoms with Gasteiger partial charge in [0.05, 0.1) is 23.3 Å². The minimum Gasteiger partial charge on any atom is -0.390 e. The van der Waals surface area contributed by atoms with Gasteiger partial charge in [-0.05, 0) is 48.0 Å². The third-order valence-corrected chi connectivity index (χ3v) is 2.29. The molecule has 0 aliphatic carbocycles. The number of aliphatic hydroxyl groups is 2. The molecule has 2 unspecified atom stereocenters. The first-order valence-electron chi connectivity index (χ1n) is 6.15. The zero-order valence-corrected chi connectivity index (χ0v) is 12.2. The molecular weight excluding hydrogens is 230 g/mol. The number of rotatable bonds is 6. The Hall–Kier alpha value is -0.990. The molecule has 2 atom stereocenters. The van der Waals surface area contributed by atoms with Gasteiger partial charge in [-0.25, -0.2) is 0 Å². The van der Waals surface area contributed by atoms with E-state index in [1.54, 1.807) is 34.6 Å². The van der Waals surface area contributed by atoms with Crippen LogP contribution >= 0.6 is 0 Å². The van der Waals surface area contributed by atoms with Crippen molar-refractivity contribution in [2.45, 2.75) is 77.2 Å². The molecule has 0 saturated carbocycles. The van der Waals surface area contributed by atoms with Crippen molar-refractivity contribution in [2.24, 2.45) is 10.2 Å². The summed E-state index contributed by atoms with van der Waals surface area (Å²) in [5, 5.41) is 36.6. The number of azo groups is 1. The van der Waals surface area contributed by atoms with E-state index in [9.17, 15) is 10.2 Å². The molecular formula is C13H25N3O2. The van der Waals surface area contributed by atoms with Crippen LogP contribution in [0.4, 0.5) is 0 Å². The monoisotopic (exact) mass is 255 g/mol. The first-order chi connectivity index (χ1) is 7.87. The Labute approximate surface area is 110 Å². The Morgan fingerprint density at radius 1 is 1.11 bits per heavy atom. The van der Waals surface area contributed by atoms with Gasteiger partial charge in [-0.3, -0.25) is 0 Å². The number of hydrogen-bond acceptors (Lipinski definition) is 5. The van der Waals surface area contributed by atoms with Crippen LogP contribution in [0.1, 0.15) is 54.4 Å². The summed E-state index contributed by atoms with van der Waals surface area (Å²) < 4.78 is 0. The van der Waals surface area contributed by atoms with Crippen LogP contribution < -0.4 is 0 Å². The fourth-order valence-electron chi connectivity index (χ4n) is 1.93. The third kappa shape index (κ3) is 8.15. The van der Waals surface area contributed by atoms with Crippen LogP contribution in [0.5, 0.6) is 0 Å². The van der Waals surface area contributed by atoms with Crippen molar-refractivity contribution in [1.29, 1.82) is 5.26 Å². The maximum atomic E-state index is 9.74. The summed E-state index contributed by atoms with van der Waals surface area (Å²) in [7, 11) is 0. The van der Waals surface area contributed by atoms with Crippen LogP contribution in [0.3, 0.4) is 0 Å². The van der Waals surface area contributed by atoms with Crippen LogP contribution in [0.25, 0.3) is 0 Å². The molecule has 0 aliphatic rings. The van der Waals surface area contributed by atoms with E-state index < -0.39 is 16.7 Å². The lowest BCUT2D eigenvalue weighted by atomic mass is 9.90. The summed E-state index contributed by atoms with van der Waals surface area (Å²) in [5.41, 5.74) is -2.81. The van der Waals surface area contributed by atoms with E-state index in [1.807, 2.05) is 6.92 Å². The largest absolute Gasteiger partial charge is 0.390 e. The van der Waals surface area contributed by atoms with Gasteiger partial charge in [-0.1, -0.05) is 0 Å². The van der Waals surface area contributed by atoms with Crippen molar-refractivity contribution in [3.63, 3.8) is 0 Å². The standard InChI is InChI=1S/C13H25N3O2/c1-10(7-11(2,3)17)15-16-13(6,9-14)8-12(4,5)18/h10,17-18H,7-8H2,1-6H3/b16-15+. The zero-order chi connectivity index (χ0) is 14.6. The quantitative estimate of drug-likeness (QED) is 0.714. The Balaban J connectivity index is 4.68. The predicted octanol–water partition coefficient (Wildman–Crippen LogP) is 2.43. The molecule has 5 nitrogen and oxygen atoms in total.